The van der Waals surface area contributed by atoms with Crippen LogP contribution in [0.25, 0.3) is 22.6 Å². The number of aryl methyl sites for hydroxylation is 3. The molecule has 3 heterocycles. The predicted molar refractivity (Wildman–Crippen MR) is 109 cm³/mol. The number of carbonyl (C=O) groups is 1. The van der Waals surface area contributed by atoms with Gasteiger partial charge in [0.2, 0.25) is 0 Å². The molecule has 0 bridgehead atoms. The van der Waals surface area contributed by atoms with E-state index in [1.807, 2.05) is 0 Å². The number of hydrogen-bond acceptors (Lipinski definition) is 4. The molecular formula is C21H18F3N5O3. The van der Waals surface area contributed by atoms with E-state index in [1.54, 1.807) is 45.2 Å². The average Bonchev–Trinajstić information content (AvgIpc) is 3.22. The predicted octanol–water partition coefficient (Wildman–Crippen LogP) is 3.47. The molecule has 0 aliphatic carbocycles. The Balaban J connectivity index is 1.90. The van der Waals surface area contributed by atoms with Crippen LogP contribution in [0.4, 0.5) is 13.2 Å². The van der Waals surface area contributed by atoms with Gasteiger partial charge in [-0.1, -0.05) is 19.1 Å². The molecule has 1 N–H and O–H groups in total. The highest BCUT2D eigenvalue weighted by molar-refractivity contribution is 5.88. The van der Waals surface area contributed by atoms with Crippen molar-refractivity contribution < 1.29 is 23.1 Å². The Hall–Kier alpha value is -3.89. The molecule has 32 heavy (non-hydrogen) atoms. The fraction of sp³-hybridized carbons (Fsp3) is 0.238. The molecule has 0 aliphatic heterocycles. The Bertz CT molecular complexity index is 1410. The van der Waals surface area contributed by atoms with Gasteiger partial charge in [0.1, 0.15) is 17.2 Å². The van der Waals surface area contributed by atoms with Crippen molar-refractivity contribution in [1.29, 1.82) is 0 Å². The molecule has 0 aliphatic rings. The van der Waals surface area contributed by atoms with Crippen LogP contribution in [0.15, 0.2) is 41.2 Å². The third-order valence-corrected chi connectivity index (χ3v) is 5.18. The van der Waals surface area contributed by atoms with Crippen LogP contribution in [0.1, 0.15) is 34.5 Å². The van der Waals surface area contributed by atoms with Crippen LogP contribution in [-0.2, 0) is 19.6 Å². The first-order valence-corrected chi connectivity index (χ1v) is 9.62. The molecule has 0 amide bonds. The van der Waals surface area contributed by atoms with Crippen molar-refractivity contribution in [3.05, 3.63) is 69.7 Å². The molecule has 0 saturated heterocycles. The number of carboxylic acid groups (broad SMARTS) is 1. The molecule has 11 heteroatoms. The van der Waals surface area contributed by atoms with E-state index in [4.69, 9.17) is 0 Å². The van der Waals surface area contributed by atoms with E-state index in [0.29, 0.717) is 41.0 Å². The molecule has 4 aromatic rings. The van der Waals surface area contributed by atoms with E-state index in [0.717, 1.165) is 6.07 Å². The smallest absolute Gasteiger partial charge is 0.416 e. The van der Waals surface area contributed by atoms with Crippen LogP contribution in [0.3, 0.4) is 0 Å². The van der Waals surface area contributed by atoms with Gasteiger partial charge in [-0.05, 0) is 37.6 Å². The first-order valence-electron chi connectivity index (χ1n) is 9.62. The summed E-state index contributed by atoms with van der Waals surface area (Å²) in [4.78, 5) is 28.3. The number of imidazole rings is 1. The number of carboxylic acids is 1. The van der Waals surface area contributed by atoms with Gasteiger partial charge < -0.3 is 5.11 Å². The Morgan fingerprint density at radius 1 is 1.16 bits per heavy atom. The topological polar surface area (TPSA) is 94.4 Å². The first kappa shape index (κ1) is 21.3. The minimum absolute atomic E-state index is 0.104. The van der Waals surface area contributed by atoms with Gasteiger partial charge in [0.25, 0.3) is 0 Å². The Kier molecular flexibility index (Phi) is 4.91. The number of halogens is 3. The molecule has 0 fully saturated rings. The fourth-order valence-electron chi connectivity index (χ4n) is 3.76. The van der Waals surface area contributed by atoms with Gasteiger partial charge >= 0.3 is 17.8 Å². The van der Waals surface area contributed by atoms with E-state index >= 15 is 0 Å². The summed E-state index contributed by atoms with van der Waals surface area (Å²) < 4.78 is 43.7. The summed E-state index contributed by atoms with van der Waals surface area (Å²) in [6.45, 7) is 3.46. The number of pyridine rings is 1. The highest BCUT2D eigenvalue weighted by Crippen LogP contribution is 2.33. The third-order valence-electron chi connectivity index (χ3n) is 5.18. The van der Waals surface area contributed by atoms with Crippen molar-refractivity contribution in [3.63, 3.8) is 0 Å². The maximum absolute atomic E-state index is 13.3. The third kappa shape index (κ3) is 3.35. The van der Waals surface area contributed by atoms with Crippen LogP contribution in [0.5, 0.6) is 0 Å². The number of rotatable bonds is 4. The maximum atomic E-state index is 13.3. The van der Waals surface area contributed by atoms with Crippen LogP contribution in [-0.4, -0.2) is 34.8 Å². The van der Waals surface area contributed by atoms with Gasteiger partial charge in [-0.15, -0.1) is 0 Å². The lowest BCUT2D eigenvalue weighted by Gasteiger charge is -2.11. The van der Waals surface area contributed by atoms with Crippen molar-refractivity contribution in [1.82, 2.24) is 23.7 Å². The summed E-state index contributed by atoms with van der Waals surface area (Å²) in [5, 5.41) is 13.6. The van der Waals surface area contributed by atoms with Crippen LogP contribution in [0.2, 0.25) is 0 Å². The van der Waals surface area contributed by atoms with Gasteiger partial charge in [-0.2, -0.15) is 18.3 Å². The van der Waals surface area contributed by atoms with Crippen molar-refractivity contribution in [2.75, 3.05) is 0 Å². The monoisotopic (exact) mass is 445 g/mol. The van der Waals surface area contributed by atoms with Gasteiger partial charge in [0.05, 0.1) is 22.6 Å². The highest BCUT2D eigenvalue weighted by Gasteiger charge is 2.33. The molecule has 0 spiro atoms. The summed E-state index contributed by atoms with van der Waals surface area (Å²) in [6.07, 6.45) is -4.37. The van der Waals surface area contributed by atoms with Crippen LogP contribution in [0, 0.1) is 6.92 Å². The molecule has 0 unspecified atom stereocenters. The summed E-state index contributed by atoms with van der Waals surface area (Å²) in [7, 11) is 1.54. The number of hydrogen-bond donors (Lipinski definition) is 1. The number of fused-ring (bicyclic) bond motifs is 1. The maximum Gasteiger partial charge on any atom is 0.416 e. The molecule has 0 saturated carbocycles. The van der Waals surface area contributed by atoms with Crippen molar-refractivity contribution in [3.8, 4) is 16.9 Å². The number of alkyl halides is 3. The van der Waals surface area contributed by atoms with Gasteiger partial charge in [-0.3, -0.25) is 4.40 Å². The minimum atomic E-state index is -4.71. The summed E-state index contributed by atoms with van der Waals surface area (Å²) in [6, 6.07) is 8.16. The molecular weight excluding hydrogens is 427 g/mol. The molecule has 3 aromatic heterocycles. The molecule has 4 rings (SSSR count). The van der Waals surface area contributed by atoms with E-state index in [2.05, 4.69) is 10.1 Å². The second-order valence-electron chi connectivity index (χ2n) is 7.22. The van der Waals surface area contributed by atoms with Crippen molar-refractivity contribution in [2.24, 2.45) is 7.05 Å². The number of aromatic nitrogens is 5. The highest BCUT2D eigenvalue weighted by atomic mass is 19.4. The van der Waals surface area contributed by atoms with E-state index < -0.39 is 23.4 Å². The lowest BCUT2D eigenvalue weighted by molar-refractivity contribution is -0.137. The van der Waals surface area contributed by atoms with Gasteiger partial charge in [0, 0.05) is 12.6 Å². The zero-order valence-electron chi connectivity index (χ0n) is 17.3. The molecule has 0 atom stereocenters. The quantitative estimate of drug-likeness (QED) is 0.519. The van der Waals surface area contributed by atoms with E-state index in [-0.39, 0.29) is 11.3 Å². The molecule has 0 radical (unpaired) electrons. The van der Waals surface area contributed by atoms with Crippen LogP contribution < -0.4 is 5.69 Å². The van der Waals surface area contributed by atoms with Gasteiger partial charge in [-0.25, -0.2) is 23.8 Å². The van der Waals surface area contributed by atoms with Crippen molar-refractivity contribution in [2.45, 2.75) is 26.4 Å². The molecule has 1 aromatic carbocycles. The number of aromatic carboxylic acids is 1. The molecule has 8 nitrogen and oxygen atoms in total. The second kappa shape index (κ2) is 7.36. The lowest BCUT2D eigenvalue weighted by atomic mass is 10.1. The summed E-state index contributed by atoms with van der Waals surface area (Å²) >= 11 is 0. The fourth-order valence-corrected chi connectivity index (χ4v) is 3.76. The van der Waals surface area contributed by atoms with E-state index in [9.17, 15) is 27.9 Å². The van der Waals surface area contributed by atoms with Crippen molar-refractivity contribution >= 4 is 11.6 Å². The number of benzene rings is 1. The second-order valence-corrected chi connectivity index (χ2v) is 7.22. The Morgan fingerprint density at radius 2 is 1.81 bits per heavy atom. The standard InChI is InChI=1S/C21H18F3N5O3/c1-4-15-18(12-5-7-14(8-6-12)28-11(2)26-27(3)20(28)32)25-17-10-13(21(22,23)24)9-16(19(30)31)29(15)17/h5-10H,4H2,1-3H3,(H,30,31). The molecule has 166 valence electrons. The lowest BCUT2D eigenvalue weighted by Crippen LogP contribution is -2.21. The van der Waals surface area contributed by atoms with Crippen LogP contribution >= 0.6 is 0 Å². The largest absolute Gasteiger partial charge is 0.477 e. The normalized spacial score (nSPS) is 11.9. The average molecular weight is 445 g/mol. The van der Waals surface area contributed by atoms with E-state index in [1.165, 1.54) is 13.6 Å². The number of nitrogens with zero attached hydrogens (tertiary/aromatic N) is 5. The summed E-state index contributed by atoms with van der Waals surface area (Å²) in [5.74, 6) is -0.987. The Labute approximate surface area is 179 Å². The Morgan fingerprint density at radius 3 is 2.31 bits per heavy atom. The SMILES string of the molecule is CCc1c(-c2ccc(-n3c(C)nn(C)c3=O)cc2)nc2cc(C(F)(F)F)cc(C(=O)O)n12. The first-order chi connectivity index (χ1) is 15.0. The minimum Gasteiger partial charge on any atom is -0.477 e. The van der Waals surface area contributed by atoms with Gasteiger partial charge in [0.15, 0.2) is 0 Å². The zero-order chi connectivity index (χ0) is 23.4. The summed E-state index contributed by atoms with van der Waals surface area (Å²) in [5.41, 5.74) is -0.0336. The zero-order valence-corrected chi connectivity index (χ0v) is 17.3.